The van der Waals surface area contributed by atoms with Crippen molar-refractivity contribution in [3.8, 4) is 0 Å². The molecule has 0 aliphatic carbocycles. The van der Waals surface area contributed by atoms with Gasteiger partial charge in [0.25, 0.3) is 0 Å². The fourth-order valence-corrected chi connectivity index (χ4v) is 3.86. The van der Waals surface area contributed by atoms with Crippen LogP contribution in [-0.4, -0.2) is 11.1 Å². The summed E-state index contributed by atoms with van der Waals surface area (Å²) < 4.78 is 0. The Kier molecular flexibility index (Phi) is 5.20. The molecule has 0 aromatic heterocycles. The molecule has 0 spiro atoms. The summed E-state index contributed by atoms with van der Waals surface area (Å²) in [5.41, 5.74) is 2.04. The molecule has 1 atom stereocenters. The Balaban J connectivity index is 2.19. The van der Waals surface area contributed by atoms with Crippen LogP contribution in [0.1, 0.15) is 11.1 Å². The van der Waals surface area contributed by atoms with Gasteiger partial charge in [0.15, 0.2) is 0 Å². The maximum absolute atomic E-state index is 12.1. The number of aliphatic carboxylic acids is 1. The number of rotatable bonds is 5. The highest BCUT2D eigenvalue weighted by atomic mass is 31.1. The van der Waals surface area contributed by atoms with Crippen LogP contribution in [-0.2, 0) is 4.79 Å². The molecule has 0 bridgehead atoms. The number of hydrogen-bond donors (Lipinski definition) is 1. The lowest BCUT2D eigenvalue weighted by molar-refractivity contribution is -0.130. The van der Waals surface area contributed by atoms with Gasteiger partial charge in [-0.25, -0.2) is 4.79 Å². The molecule has 3 aromatic carbocycles. The average molecular weight is 332 g/mol. The number of benzene rings is 3. The zero-order valence-corrected chi connectivity index (χ0v) is 14.0. The van der Waals surface area contributed by atoms with Crippen LogP contribution in [0.5, 0.6) is 0 Å². The minimum atomic E-state index is -0.900. The summed E-state index contributed by atoms with van der Waals surface area (Å²) in [6.45, 7) is 0. The molecule has 118 valence electrons. The molecule has 0 amide bonds. The van der Waals surface area contributed by atoms with Gasteiger partial charge in [0.2, 0.25) is 0 Å². The third kappa shape index (κ3) is 3.79. The van der Waals surface area contributed by atoms with Crippen LogP contribution in [0.2, 0.25) is 0 Å². The lowest BCUT2D eigenvalue weighted by Gasteiger charge is -2.14. The summed E-state index contributed by atoms with van der Waals surface area (Å²) in [5.74, 6) is -0.900. The minimum absolute atomic E-state index is 0.270. The molecule has 1 N–H and O–H groups in total. The number of carboxylic acids is 1. The summed E-state index contributed by atoms with van der Waals surface area (Å²) in [4.78, 5) is 12.1. The SMILES string of the molecule is O=C(O)/C(=C(\Pc1ccccc1)c1ccccc1)c1ccccc1. The Bertz CT molecular complexity index is 841. The second kappa shape index (κ2) is 7.72. The van der Waals surface area contributed by atoms with Crippen LogP contribution in [0.3, 0.4) is 0 Å². The molecule has 3 rings (SSSR count). The fourth-order valence-electron chi connectivity index (χ4n) is 2.53. The van der Waals surface area contributed by atoms with E-state index in [4.69, 9.17) is 0 Å². The van der Waals surface area contributed by atoms with E-state index in [2.05, 4.69) is 0 Å². The summed E-state index contributed by atoms with van der Waals surface area (Å²) >= 11 is 0. The van der Waals surface area contributed by atoms with E-state index < -0.39 is 5.97 Å². The summed E-state index contributed by atoms with van der Waals surface area (Å²) in [5, 5.41) is 11.8. The normalized spacial score (nSPS) is 12.2. The summed E-state index contributed by atoms with van der Waals surface area (Å²) in [6.07, 6.45) is 0. The van der Waals surface area contributed by atoms with Crippen molar-refractivity contribution in [1.82, 2.24) is 0 Å². The van der Waals surface area contributed by atoms with Gasteiger partial charge in [0.1, 0.15) is 0 Å². The van der Waals surface area contributed by atoms with Crippen LogP contribution >= 0.6 is 8.58 Å². The first-order valence-electron chi connectivity index (χ1n) is 7.66. The number of carboxylic acid groups (broad SMARTS) is 1. The van der Waals surface area contributed by atoms with E-state index in [1.165, 1.54) is 0 Å². The number of carbonyl (C=O) groups is 1. The van der Waals surface area contributed by atoms with Gasteiger partial charge in [0.05, 0.1) is 5.57 Å². The summed E-state index contributed by atoms with van der Waals surface area (Å²) in [7, 11) is 0.270. The van der Waals surface area contributed by atoms with E-state index in [1.54, 1.807) is 0 Å². The van der Waals surface area contributed by atoms with Crippen molar-refractivity contribution in [2.24, 2.45) is 0 Å². The minimum Gasteiger partial charge on any atom is -0.478 e. The fraction of sp³-hybridized carbons (Fsp3) is 0. The predicted molar refractivity (Wildman–Crippen MR) is 102 cm³/mol. The highest BCUT2D eigenvalue weighted by molar-refractivity contribution is 7.59. The van der Waals surface area contributed by atoms with Crippen molar-refractivity contribution in [2.75, 3.05) is 0 Å². The van der Waals surface area contributed by atoms with Crippen molar-refractivity contribution in [2.45, 2.75) is 0 Å². The third-order valence-corrected chi connectivity index (χ3v) is 5.04. The standard InChI is InChI=1S/C21H17O2P/c22-21(23)19(16-10-4-1-5-11-16)20(17-12-6-2-7-13-17)24-18-14-8-3-9-15-18/h1-15,24H,(H,22,23)/b20-19-. The van der Waals surface area contributed by atoms with Gasteiger partial charge in [-0.3, -0.25) is 0 Å². The lowest BCUT2D eigenvalue weighted by atomic mass is 10.0. The van der Waals surface area contributed by atoms with Gasteiger partial charge in [-0.2, -0.15) is 0 Å². The van der Waals surface area contributed by atoms with Crippen molar-refractivity contribution in [1.29, 1.82) is 0 Å². The predicted octanol–water partition coefficient (Wildman–Crippen LogP) is 4.64. The van der Waals surface area contributed by atoms with Crippen LogP contribution in [0.4, 0.5) is 0 Å². The molecule has 2 nitrogen and oxygen atoms in total. The van der Waals surface area contributed by atoms with E-state index in [-0.39, 0.29) is 8.58 Å². The van der Waals surface area contributed by atoms with Crippen LogP contribution in [0, 0.1) is 0 Å². The highest BCUT2D eigenvalue weighted by Crippen LogP contribution is 2.39. The van der Waals surface area contributed by atoms with E-state index in [0.717, 1.165) is 21.7 Å². The van der Waals surface area contributed by atoms with Gasteiger partial charge in [-0.05, 0) is 21.7 Å². The van der Waals surface area contributed by atoms with Crippen molar-refractivity contribution in [3.63, 3.8) is 0 Å². The first-order chi connectivity index (χ1) is 11.8. The van der Waals surface area contributed by atoms with Crippen molar-refractivity contribution in [3.05, 3.63) is 102 Å². The van der Waals surface area contributed by atoms with Crippen molar-refractivity contribution >= 4 is 30.7 Å². The Hall–Kier alpha value is -2.70. The average Bonchev–Trinajstić information content (AvgIpc) is 2.63. The molecular formula is C21H17O2P. The maximum Gasteiger partial charge on any atom is 0.336 e. The molecule has 3 heteroatoms. The molecule has 0 aliphatic rings. The van der Waals surface area contributed by atoms with E-state index in [9.17, 15) is 9.90 Å². The molecule has 0 saturated carbocycles. The highest BCUT2D eigenvalue weighted by Gasteiger charge is 2.18. The molecule has 0 aliphatic heterocycles. The van der Waals surface area contributed by atoms with Gasteiger partial charge in [0, 0.05) is 0 Å². The van der Waals surface area contributed by atoms with Gasteiger partial charge < -0.3 is 5.11 Å². The topological polar surface area (TPSA) is 37.3 Å². The monoisotopic (exact) mass is 332 g/mol. The Labute approximate surface area is 143 Å². The van der Waals surface area contributed by atoms with Crippen LogP contribution in [0.25, 0.3) is 10.9 Å². The van der Waals surface area contributed by atoms with Crippen LogP contribution < -0.4 is 5.30 Å². The second-order valence-electron chi connectivity index (χ2n) is 5.28. The maximum atomic E-state index is 12.1. The smallest absolute Gasteiger partial charge is 0.336 e. The van der Waals surface area contributed by atoms with E-state index in [0.29, 0.717) is 5.57 Å². The molecular weight excluding hydrogens is 315 g/mol. The zero-order chi connectivity index (χ0) is 16.8. The second-order valence-corrected chi connectivity index (χ2v) is 6.61. The molecule has 3 aromatic rings. The molecule has 1 unspecified atom stereocenters. The zero-order valence-electron chi connectivity index (χ0n) is 13.0. The lowest BCUT2D eigenvalue weighted by Crippen LogP contribution is -2.04. The molecule has 0 fully saturated rings. The first kappa shape index (κ1) is 16.2. The molecule has 0 radical (unpaired) electrons. The van der Waals surface area contributed by atoms with Gasteiger partial charge in [-0.15, -0.1) is 0 Å². The quantitative estimate of drug-likeness (QED) is 0.420. The summed E-state index contributed by atoms with van der Waals surface area (Å²) in [6, 6.07) is 29.1. The first-order valence-corrected chi connectivity index (χ1v) is 8.66. The van der Waals surface area contributed by atoms with Gasteiger partial charge in [-0.1, -0.05) is 99.6 Å². The van der Waals surface area contributed by atoms with Crippen molar-refractivity contribution < 1.29 is 9.90 Å². The third-order valence-electron chi connectivity index (χ3n) is 3.63. The Morgan fingerprint density at radius 3 is 1.62 bits per heavy atom. The largest absolute Gasteiger partial charge is 0.478 e. The molecule has 24 heavy (non-hydrogen) atoms. The Morgan fingerprint density at radius 2 is 1.12 bits per heavy atom. The number of hydrogen-bond acceptors (Lipinski definition) is 1. The van der Waals surface area contributed by atoms with Gasteiger partial charge >= 0.3 is 5.97 Å². The molecule has 0 heterocycles. The molecule has 0 saturated heterocycles. The van der Waals surface area contributed by atoms with Crippen LogP contribution in [0.15, 0.2) is 91.0 Å². The Morgan fingerprint density at radius 1 is 0.667 bits per heavy atom. The van der Waals surface area contributed by atoms with E-state index >= 15 is 0 Å². The van der Waals surface area contributed by atoms with E-state index in [1.807, 2.05) is 91.0 Å².